The van der Waals surface area contributed by atoms with E-state index in [1.165, 1.54) is 6.07 Å². The van der Waals surface area contributed by atoms with Gasteiger partial charge in [-0.2, -0.15) is 0 Å². The number of hydrogen-bond donors (Lipinski definition) is 2. The van der Waals surface area contributed by atoms with Crippen LogP contribution in [0.15, 0.2) is 29.2 Å². The third-order valence-electron chi connectivity index (χ3n) is 3.25. The Hall–Kier alpha value is -0.620. The largest absolute Gasteiger partial charge is 0.326 e. The van der Waals surface area contributed by atoms with Gasteiger partial charge in [0.15, 0.2) is 0 Å². The molecule has 100 valence electrons. The number of nitrogens with one attached hydrogen (secondary N) is 1. The van der Waals surface area contributed by atoms with Crippen LogP contribution in [0.4, 0.5) is 0 Å². The zero-order valence-corrected chi connectivity index (χ0v) is 11.5. The summed E-state index contributed by atoms with van der Waals surface area (Å²) in [5.41, 5.74) is 5.94. The predicted molar refractivity (Wildman–Crippen MR) is 72.0 cm³/mol. The standard InChI is InChI=1S/C12H17ClN2O2S/c13-9-5-1-4-8-12(9)18(16,17)15-11-7-3-2-6-10(11)14/h1,4-5,8,10-11,15H,2-3,6-7,14H2/t10-,11-/m1/s1. The van der Waals surface area contributed by atoms with Gasteiger partial charge in [0, 0.05) is 12.1 Å². The first-order valence-electron chi connectivity index (χ1n) is 6.03. The molecule has 0 heterocycles. The van der Waals surface area contributed by atoms with Gasteiger partial charge in [-0.05, 0) is 25.0 Å². The van der Waals surface area contributed by atoms with E-state index in [0.717, 1.165) is 25.7 Å². The van der Waals surface area contributed by atoms with Gasteiger partial charge in [-0.1, -0.05) is 36.6 Å². The van der Waals surface area contributed by atoms with Gasteiger partial charge in [-0.15, -0.1) is 0 Å². The summed E-state index contributed by atoms with van der Waals surface area (Å²) < 4.78 is 27.1. The second-order valence-electron chi connectivity index (χ2n) is 4.61. The zero-order valence-electron chi connectivity index (χ0n) is 9.97. The lowest BCUT2D eigenvalue weighted by molar-refractivity contribution is 0.361. The summed E-state index contributed by atoms with van der Waals surface area (Å²) in [5, 5.41) is 0.231. The molecular formula is C12H17ClN2O2S. The topological polar surface area (TPSA) is 72.2 Å². The summed E-state index contributed by atoms with van der Waals surface area (Å²) in [7, 11) is -3.59. The van der Waals surface area contributed by atoms with Crippen molar-refractivity contribution in [3.63, 3.8) is 0 Å². The van der Waals surface area contributed by atoms with E-state index in [-0.39, 0.29) is 22.0 Å². The highest BCUT2D eigenvalue weighted by Crippen LogP contribution is 2.23. The first kappa shape index (κ1) is 13.8. The first-order chi connectivity index (χ1) is 8.50. The van der Waals surface area contributed by atoms with Crippen molar-refractivity contribution in [3.05, 3.63) is 29.3 Å². The van der Waals surface area contributed by atoms with Gasteiger partial charge in [-0.3, -0.25) is 0 Å². The molecule has 18 heavy (non-hydrogen) atoms. The molecule has 0 bridgehead atoms. The second-order valence-corrected chi connectivity index (χ2v) is 6.70. The van der Waals surface area contributed by atoms with E-state index in [1.54, 1.807) is 18.2 Å². The highest BCUT2D eigenvalue weighted by atomic mass is 35.5. The molecule has 0 saturated heterocycles. The Kier molecular flexibility index (Phi) is 4.27. The summed E-state index contributed by atoms with van der Waals surface area (Å²) >= 11 is 5.91. The van der Waals surface area contributed by atoms with Gasteiger partial charge in [0.1, 0.15) is 4.90 Å². The van der Waals surface area contributed by atoms with Crippen molar-refractivity contribution in [2.24, 2.45) is 5.73 Å². The van der Waals surface area contributed by atoms with Crippen molar-refractivity contribution in [1.82, 2.24) is 4.72 Å². The van der Waals surface area contributed by atoms with Crippen LogP contribution in [-0.2, 0) is 10.0 Å². The first-order valence-corrected chi connectivity index (χ1v) is 7.89. The Labute approximate surface area is 113 Å². The molecule has 3 N–H and O–H groups in total. The van der Waals surface area contributed by atoms with Crippen molar-refractivity contribution in [3.8, 4) is 0 Å². The number of halogens is 1. The maximum atomic E-state index is 12.2. The fraction of sp³-hybridized carbons (Fsp3) is 0.500. The lowest BCUT2D eigenvalue weighted by atomic mass is 9.92. The number of hydrogen-bond acceptors (Lipinski definition) is 3. The van der Waals surface area contributed by atoms with Crippen molar-refractivity contribution in [1.29, 1.82) is 0 Å². The molecule has 0 radical (unpaired) electrons. The molecule has 0 unspecified atom stereocenters. The minimum absolute atomic E-state index is 0.115. The highest BCUT2D eigenvalue weighted by molar-refractivity contribution is 7.89. The molecule has 4 nitrogen and oxygen atoms in total. The third-order valence-corrected chi connectivity index (χ3v) is 5.24. The van der Waals surface area contributed by atoms with Crippen molar-refractivity contribution in [2.45, 2.75) is 42.7 Å². The van der Waals surface area contributed by atoms with Crippen LogP contribution in [0.25, 0.3) is 0 Å². The summed E-state index contributed by atoms with van der Waals surface area (Å²) in [6.45, 7) is 0. The Balaban J connectivity index is 2.19. The SMILES string of the molecule is N[C@@H]1CCCC[C@H]1NS(=O)(=O)c1ccccc1Cl. The monoisotopic (exact) mass is 288 g/mol. The second kappa shape index (κ2) is 5.57. The van der Waals surface area contributed by atoms with Crippen LogP contribution >= 0.6 is 11.6 Å². The van der Waals surface area contributed by atoms with Gasteiger partial charge >= 0.3 is 0 Å². The van der Waals surface area contributed by atoms with Crippen molar-refractivity contribution in [2.75, 3.05) is 0 Å². The van der Waals surface area contributed by atoms with Crippen LogP contribution in [0.3, 0.4) is 0 Å². The van der Waals surface area contributed by atoms with Gasteiger partial charge in [-0.25, -0.2) is 13.1 Å². The fourth-order valence-electron chi connectivity index (χ4n) is 2.23. The molecule has 1 aliphatic rings. The van der Waals surface area contributed by atoms with Crippen LogP contribution in [0.2, 0.25) is 5.02 Å². The van der Waals surface area contributed by atoms with Crippen LogP contribution in [0, 0.1) is 0 Å². The van der Waals surface area contributed by atoms with Crippen molar-refractivity contribution >= 4 is 21.6 Å². The summed E-state index contributed by atoms with van der Waals surface area (Å²) in [5.74, 6) is 0. The molecule has 2 rings (SSSR count). The Morgan fingerprint density at radius 1 is 1.22 bits per heavy atom. The Morgan fingerprint density at radius 3 is 2.56 bits per heavy atom. The highest BCUT2D eigenvalue weighted by Gasteiger charge is 2.27. The normalized spacial score (nSPS) is 25.0. The molecular weight excluding hydrogens is 272 g/mol. The maximum absolute atomic E-state index is 12.2. The van der Waals surface area contributed by atoms with Gasteiger partial charge < -0.3 is 5.73 Å². The molecule has 0 aromatic heterocycles. The predicted octanol–water partition coefficient (Wildman–Crippen LogP) is 1.89. The summed E-state index contributed by atoms with van der Waals surface area (Å²) in [4.78, 5) is 0.115. The lowest BCUT2D eigenvalue weighted by Gasteiger charge is -2.29. The fourth-order valence-corrected chi connectivity index (χ4v) is 4.07. The Bertz CT molecular complexity index is 519. The molecule has 1 fully saturated rings. The van der Waals surface area contributed by atoms with Crippen LogP contribution in [-0.4, -0.2) is 20.5 Å². The van der Waals surface area contributed by atoms with Gasteiger partial charge in [0.25, 0.3) is 0 Å². The van der Waals surface area contributed by atoms with Crippen LogP contribution in [0.1, 0.15) is 25.7 Å². The molecule has 1 aromatic carbocycles. The van der Waals surface area contributed by atoms with E-state index in [4.69, 9.17) is 17.3 Å². The number of benzene rings is 1. The van der Waals surface area contributed by atoms with E-state index < -0.39 is 10.0 Å². The van der Waals surface area contributed by atoms with Crippen LogP contribution in [0.5, 0.6) is 0 Å². The lowest BCUT2D eigenvalue weighted by Crippen LogP contribution is -2.49. The van der Waals surface area contributed by atoms with Crippen molar-refractivity contribution < 1.29 is 8.42 Å². The van der Waals surface area contributed by atoms with E-state index in [9.17, 15) is 8.42 Å². The Morgan fingerprint density at radius 2 is 1.89 bits per heavy atom. The molecule has 2 atom stereocenters. The number of sulfonamides is 1. The summed E-state index contributed by atoms with van der Waals surface area (Å²) in [6, 6.07) is 6.11. The van der Waals surface area contributed by atoms with Gasteiger partial charge in [0.2, 0.25) is 10.0 Å². The number of nitrogens with two attached hydrogens (primary N) is 1. The minimum atomic E-state index is -3.59. The molecule has 0 aliphatic heterocycles. The van der Waals surface area contributed by atoms with Crippen LogP contribution < -0.4 is 10.5 Å². The number of rotatable bonds is 3. The molecule has 1 saturated carbocycles. The summed E-state index contributed by atoms with van der Waals surface area (Å²) in [6.07, 6.45) is 3.70. The van der Waals surface area contributed by atoms with E-state index in [0.29, 0.717) is 0 Å². The quantitative estimate of drug-likeness (QED) is 0.892. The average molecular weight is 289 g/mol. The minimum Gasteiger partial charge on any atom is -0.326 e. The molecule has 1 aromatic rings. The molecule has 0 spiro atoms. The zero-order chi connectivity index (χ0) is 13.2. The van der Waals surface area contributed by atoms with E-state index >= 15 is 0 Å². The van der Waals surface area contributed by atoms with E-state index in [2.05, 4.69) is 4.72 Å². The average Bonchev–Trinajstić information content (AvgIpc) is 2.32. The maximum Gasteiger partial charge on any atom is 0.242 e. The van der Waals surface area contributed by atoms with E-state index in [1.807, 2.05) is 0 Å². The smallest absolute Gasteiger partial charge is 0.242 e. The third kappa shape index (κ3) is 3.03. The molecule has 1 aliphatic carbocycles. The van der Waals surface area contributed by atoms with Gasteiger partial charge in [0.05, 0.1) is 5.02 Å². The molecule has 6 heteroatoms. The molecule has 0 amide bonds.